The Morgan fingerprint density at radius 3 is 2.42 bits per heavy atom. The van der Waals surface area contributed by atoms with Crippen molar-refractivity contribution in [3.05, 3.63) is 29.8 Å². The van der Waals surface area contributed by atoms with Gasteiger partial charge in [0, 0.05) is 11.7 Å². The van der Waals surface area contributed by atoms with Gasteiger partial charge in [0.25, 0.3) is 0 Å². The number of benzene rings is 1. The molecule has 1 saturated carbocycles. The van der Waals surface area contributed by atoms with E-state index in [-0.39, 0.29) is 0 Å². The minimum absolute atomic E-state index is 0.658. The van der Waals surface area contributed by atoms with E-state index in [4.69, 9.17) is 0 Å². The summed E-state index contributed by atoms with van der Waals surface area (Å²) in [5.41, 5.74) is 2.75. The van der Waals surface area contributed by atoms with Crippen molar-refractivity contribution < 1.29 is 0 Å². The standard InChI is InChI=1S/C18H29N/c1-5-14(3)16-7-9-17(10-8-16)19-18-11-6-13(2)12-15(18)4/h7-10,13-15,18-19H,5-6,11-12H2,1-4H3. The first-order chi connectivity index (χ1) is 9.10. The summed E-state index contributed by atoms with van der Waals surface area (Å²) < 4.78 is 0. The molecule has 1 nitrogen and oxygen atoms in total. The van der Waals surface area contributed by atoms with E-state index in [1.807, 2.05) is 0 Å². The van der Waals surface area contributed by atoms with Gasteiger partial charge in [0.1, 0.15) is 0 Å². The Morgan fingerprint density at radius 2 is 1.84 bits per heavy atom. The zero-order valence-electron chi connectivity index (χ0n) is 12.9. The van der Waals surface area contributed by atoms with Gasteiger partial charge in [0.15, 0.2) is 0 Å². The van der Waals surface area contributed by atoms with E-state index >= 15 is 0 Å². The quantitative estimate of drug-likeness (QED) is 0.759. The van der Waals surface area contributed by atoms with Crippen molar-refractivity contribution in [1.29, 1.82) is 0 Å². The zero-order valence-corrected chi connectivity index (χ0v) is 12.9. The van der Waals surface area contributed by atoms with Crippen LogP contribution in [0.1, 0.15) is 64.9 Å². The Balaban J connectivity index is 1.96. The van der Waals surface area contributed by atoms with Crippen molar-refractivity contribution >= 4 is 5.69 Å². The first-order valence-corrected chi connectivity index (χ1v) is 7.96. The van der Waals surface area contributed by atoms with Crippen molar-refractivity contribution in [1.82, 2.24) is 0 Å². The predicted molar refractivity (Wildman–Crippen MR) is 84.7 cm³/mol. The highest BCUT2D eigenvalue weighted by atomic mass is 14.9. The minimum atomic E-state index is 0.658. The summed E-state index contributed by atoms with van der Waals surface area (Å²) in [6, 6.07) is 9.74. The van der Waals surface area contributed by atoms with Gasteiger partial charge in [-0.05, 0) is 61.1 Å². The molecule has 0 heterocycles. The van der Waals surface area contributed by atoms with Crippen LogP contribution < -0.4 is 5.32 Å². The lowest BCUT2D eigenvalue weighted by atomic mass is 9.80. The first-order valence-electron chi connectivity index (χ1n) is 7.96. The van der Waals surface area contributed by atoms with Crippen LogP contribution in [0.2, 0.25) is 0 Å². The summed E-state index contributed by atoms with van der Waals surface area (Å²) >= 11 is 0. The topological polar surface area (TPSA) is 12.0 Å². The first kappa shape index (κ1) is 14.4. The Kier molecular flexibility index (Phi) is 4.90. The molecule has 1 N–H and O–H groups in total. The number of rotatable bonds is 4. The van der Waals surface area contributed by atoms with E-state index in [9.17, 15) is 0 Å². The second-order valence-electron chi connectivity index (χ2n) is 6.58. The molecule has 19 heavy (non-hydrogen) atoms. The molecule has 1 aromatic rings. The number of anilines is 1. The second kappa shape index (κ2) is 6.45. The third-order valence-electron chi connectivity index (χ3n) is 4.88. The molecule has 2 rings (SSSR count). The molecule has 0 spiro atoms. The third-order valence-corrected chi connectivity index (χ3v) is 4.88. The minimum Gasteiger partial charge on any atom is -0.382 e. The van der Waals surface area contributed by atoms with Crippen LogP contribution in [0.5, 0.6) is 0 Å². The van der Waals surface area contributed by atoms with Gasteiger partial charge in [-0.25, -0.2) is 0 Å². The Bertz CT molecular complexity index is 381. The fraction of sp³-hybridized carbons (Fsp3) is 0.667. The molecule has 4 unspecified atom stereocenters. The van der Waals surface area contributed by atoms with Crippen LogP contribution in [-0.2, 0) is 0 Å². The molecule has 0 aliphatic heterocycles. The lowest BCUT2D eigenvalue weighted by Gasteiger charge is -2.33. The molecular formula is C18H29N. The van der Waals surface area contributed by atoms with Gasteiger partial charge >= 0.3 is 0 Å². The van der Waals surface area contributed by atoms with Crippen LogP contribution in [-0.4, -0.2) is 6.04 Å². The lowest BCUT2D eigenvalue weighted by molar-refractivity contribution is 0.276. The van der Waals surface area contributed by atoms with Crippen LogP contribution in [0.4, 0.5) is 5.69 Å². The lowest BCUT2D eigenvalue weighted by Crippen LogP contribution is -2.32. The number of hydrogen-bond acceptors (Lipinski definition) is 1. The molecule has 0 amide bonds. The van der Waals surface area contributed by atoms with Crippen molar-refractivity contribution in [3.8, 4) is 0 Å². The smallest absolute Gasteiger partial charge is 0.0342 e. The monoisotopic (exact) mass is 259 g/mol. The van der Waals surface area contributed by atoms with E-state index in [1.54, 1.807) is 0 Å². The van der Waals surface area contributed by atoms with E-state index in [0.29, 0.717) is 12.0 Å². The van der Waals surface area contributed by atoms with Crippen LogP contribution in [0, 0.1) is 11.8 Å². The summed E-state index contributed by atoms with van der Waals surface area (Å²) in [6.45, 7) is 9.32. The maximum absolute atomic E-state index is 3.74. The van der Waals surface area contributed by atoms with Crippen LogP contribution in [0.3, 0.4) is 0 Å². The second-order valence-corrected chi connectivity index (χ2v) is 6.58. The maximum atomic E-state index is 3.74. The Hall–Kier alpha value is -0.980. The van der Waals surface area contributed by atoms with E-state index in [1.165, 1.54) is 36.9 Å². The highest BCUT2D eigenvalue weighted by Gasteiger charge is 2.24. The molecule has 1 aromatic carbocycles. The number of hydrogen-bond donors (Lipinski definition) is 1. The van der Waals surface area contributed by atoms with Crippen molar-refractivity contribution in [3.63, 3.8) is 0 Å². The third kappa shape index (κ3) is 3.75. The molecule has 1 heteroatoms. The van der Waals surface area contributed by atoms with Gasteiger partial charge in [0.05, 0.1) is 0 Å². The molecule has 0 bridgehead atoms. The van der Waals surface area contributed by atoms with Gasteiger partial charge in [0.2, 0.25) is 0 Å². The predicted octanol–water partition coefficient (Wildman–Crippen LogP) is 5.44. The van der Waals surface area contributed by atoms with Gasteiger partial charge in [-0.2, -0.15) is 0 Å². The molecule has 1 fully saturated rings. The summed E-state index contributed by atoms with van der Waals surface area (Å²) in [5, 5.41) is 3.74. The molecule has 1 aliphatic carbocycles. The molecule has 0 saturated heterocycles. The van der Waals surface area contributed by atoms with E-state index in [0.717, 1.165) is 11.8 Å². The summed E-state index contributed by atoms with van der Waals surface area (Å²) in [5.74, 6) is 2.36. The fourth-order valence-electron chi connectivity index (χ4n) is 3.24. The Labute approximate surface area is 118 Å². The average molecular weight is 259 g/mol. The molecule has 0 aromatic heterocycles. The molecule has 4 atom stereocenters. The zero-order chi connectivity index (χ0) is 13.8. The van der Waals surface area contributed by atoms with Gasteiger partial charge in [-0.3, -0.25) is 0 Å². The summed E-state index contributed by atoms with van der Waals surface area (Å²) in [4.78, 5) is 0. The van der Waals surface area contributed by atoms with Crippen LogP contribution in [0.25, 0.3) is 0 Å². The maximum Gasteiger partial charge on any atom is 0.0342 e. The largest absolute Gasteiger partial charge is 0.382 e. The van der Waals surface area contributed by atoms with Crippen molar-refractivity contribution in [2.75, 3.05) is 5.32 Å². The highest BCUT2D eigenvalue weighted by molar-refractivity contribution is 5.46. The average Bonchev–Trinajstić information content (AvgIpc) is 2.42. The molecule has 106 valence electrons. The van der Waals surface area contributed by atoms with E-state index < -0.39 is 0 Å². The van der Waals surface area contributed by atoms with Crippen LogP contribution >= 0.6 is 0 Å². The van der Waals surface area contributed by atoms with Gasteiger partial charge in [-0.1, -0.05) is 39.8 Å². The van der Waals surface area contributed by atoms with Crippen LogP contribution in [0.15, 0.2) is 24.3 Å². The Morgan fingerprint density at radius 1 is 1.16 bits per heavy atom. The number of nitrogens with one attached hydrogen (secondary N) is 1. The summed E-state index contributed by atoms with van der Waals surface area (Å²) in [6.07, 6.45) is 5.26. The highest BCUT2D eigenvalue weighted by Crippen LogP contribution is 2.31. The molecule has 1 aliphatic rings. The van der Waals surface area contributed by atoms with Gasteiger partial charge in [-0.15, -0.1) is 0 Å². The van der Waals surface area contributed by atoms with Gasteiger partial charge < -0.3 is 5.32 Å². The normalized spacial score (nSPS) is 28.9. The molecule has 0 radical (unpaired) electrons. The van der Waals surface area contributed by atoms with E-state index in [2.05, 4.69) is 57.3 Å². The molecular weight excluding hydrogens is 230 g/mol. The van der Waals surface area contributed by atoms with Crippen molar-refractivity contribution in [2.45, 2.75) is 65.3 Å². The summed E-state index contributed by atoms with van der Waals surface area (Å²) in [7, 11) is 0. The SMILES string of the molecule is CCC(C)c1ccc(NC2CCC(C)CC2C)cc1. The fourth-order valence-corrected chi connectivity index (χ4v) is 3.24. The van der Waals surface area contributed by atoms with Crippen molar-refractivity contribution in [2.24, 2.45) is 11.8 Å².